The van der Waals surface area contributed by atoms with E-state index in [1.165, 1.54) is 11.3 Å². The molecule has 1 heterocycles. The Kier molecular flexibility index (Phi) is 4.51. The van der Waals surface area contributed by atoms with Crippen LogP contribution in [0.1, 0.15) is 25.8 Å². The molecule has 1 aromatic heterocycles. The Hall–Kier alpha value is -2.16. The van der Waals surface area contributed by atoms with Crippen LogP contribution in [0.2, 0.25) is 0 Å². The van der Waals surface area contributed by atoms with Gasteiger partial charge in [0.05, 0.1) is 17.7 Å². The van der Waals surface area contributed by atoms with Gasteiger partial charge in [-0.05, 0) is 31.5 Å². The van der Waals surface area contributed by atoms with Crippen molar-refractivity contribution < 1.29 is 4.79 Å². The summed E-state index contributed by atoms with van der Waals surface area (Å²) in [4.78, 5) is 16.8. The van der Waals surface area contributed by atoms with E-state index in [9.17, 15) is 4.79 Å². The van der Waals surface area contributed by atoms with Crippen LogP contribution in [0.4, 0.5) is 5.69 Å². The zero-order valence-electron chi connectivity index (χ0n) is 11.4. The standard InChI is InChI=1S/C15H15N3OS/c1-10-5-6-12(4-3-7-16)8-13(10)18-15(19)14-9-17-11(2)20-14/h5-6,8-9H,7,16H2,1-2H3,(H,18,19). The Bertz CT molecular complexity index is 695. The molecular weight excluding hydrogens is 270 g/mol. The summed E-state index contributed by atoms with van der Waals surface area (Å²) in [7, 11) is 0. The van der Waals surface area contributed by atoms with Crippen LogP contribution in [0.15, 0.2) is 24.4 Å². The molecule has 0 aliphatic rings. The van der Waals surface area contributed by atoms with E-state index in [1.54, 1.807) is 6.20 Å². The van der Waals surface area contributed by atoms with Crippen molar-refractivity contribution >= 4 is 22.9 Å². The third kappa shape index (κ3) is 3.44. The monoisotopic (exact) mass is 285 g/mol. The van der Waals surface area contributed by atoms with E-state index in [4.69, 9.17) is 5.73 Å². The molecule has 1 amide bonds. The van der Waals surface area contributed by atoms with Gasteiger partial charge in [-0.15, -0.1) is 11.3 Å². The maximum atomic E-state index is 12.1. The highest BCUT2D eigenvalue weighted by molar-refractivity contribution is 7.13. The first kappa shape index (κ1) is 14.3. The first-order valence-corrected chi connectivity index (χ1v) is 6.95. The van der Waals surface area contributed by atoms with Crippen molar-refractivity contribution in [3.8, 4) is 11.8 Å². The highest BCUT2D eigenvalue weighted by Crippen LogP contribution is 2.19. The van der Waals surface area contributed by atoms with Crippen LogP contribution in [0.5, 0.6) is 0 Å². The van der Waals surface area contributed by atoms with Crippen molar-refractivity contribution in [1.82, 2.24) is 4.98 Å². The molecular formula is C15H15N3OS. The minimum absolute atomic E-state index is 0.150. The van der Waals surface area contributed by atoms with Gasteiger partial charge in [-0.25, -0.2) is 4.98 Å². The Morgan fingerprint density at radius 2 is 2.25 bits per heavy atom. The predicted molar refractivity (Wildman–Crippen MR) is 81.9 cm³/mol. The molecule has 0 radical (unpaired) electrons. The normalized spacial score (nSPS) is 9.75. The van der Waals surface area contributed by atoms with Gasteiger partial charge in [0.2, 0.25) is 0 Å². The lowest BCUT2D eigenvalue weighted by atomic mass is 10.1. The number of nitrogens with zero attached hydrogens (tertiary/aromatic N) is 1. The van der Waals surface area contributed by atoms with Crippen LogP contribution < -0.4 is 11.1 Å². The Labute approximate surface area is 122 Å². The molecule has 20 heavy (non-hydrogen) atoms. The molecule has 2 rings (SSSR count). The smallest absolute Gasteiger partial charge is 0.267 e. The Balaban J connectivity index is 2.22. The number of hydrogen-bond acceptors (Lipinski definition) is 4. The second-order valence-electron chi connectivity index (χ2n) is 4.23. The number of hydrogen-bond donors (Lipinski definition) is 2. The molecule has 102 valence electrons. The van der Waals surface area contributed by atoms with E-state index in [1.807, 2.05) is 32.0 Å². The summed E-state index contributed by atoms with van der Waals surface area (Å²) in [5, 5.41) is 3.76. The lowest BCUT2D eigenvalue weighted by Gasteiger charge is -2.07. The molecule has 0 saturated heterocycles. The molecule has 0 aliphatic carbocycles. The van der Waals surface area contributed by atoms with Crippen LogP contribution in [-0.2, 0) is 0 Å². The largest absolute Gasteiger partial charge is 0.321 e. The molecule has 0 bridgehead atoms. The van der Waals surface area contributed by atoms with E-state index in [-0.39, 0.29) is 5.91 Å². The molecule has 5 heteroatoms. The SMILES string of the molecule is Cc1ncc(C(=O)Nc2cc(C#CCN)ccc2C)s1. The van der Waals surface area contributed by atoms with E-state index in [0.717, 1.165) is 21.8 Å². The first-order chi connectivity index (χ1) is 9.60. The number of carbonyl (C=O) groups excluding carboxylic acids is 1. The molecule has 0 aliphatic heterocycles. The quantitative estimate of drug-likeness (QED) is 0.832. The van der Waals surface area contributed by atoms with Gasteiger partial charge in [-0.2, -0.15) is 0 Å². The van der Waals surface area contributed by atoms with E-state index < -0.39 is 0 Å². The summed E-state index contributed by atoms with van der Waals surface area (Å²) in [6, 6.07) is 5.68. The van der Waals surface area contributed by atoms with Gasteiger partial charge in [0, 0.05) is 11.3 Å². The summed E-state index contributed by atoms with van der Waals surface area (Å²) < 4.78 is 0. The summed E-state index contributed by atoms with van der Waals surface area (Å²) in [6.45, 7) is 4.12. The van der Waals surface area contributed by atoms with Crippen LogP contribution in [-0.4, -0.2) is 17.4 Å². The maximum Gasteiger partial charge on any atom is 0.267 e. The van der Waals surface area contributed by atoms with Gasteiger partial charge in [0.1, 0.15) is 4.88 Å². The number of anilines is 1. The summed E-state index contributed by atoms with van der Waals surface area (Å²) in [5.74, 6) is 5.60. The van der Waals surface area contributed by atoms with Crippen LogP contribution in [0, 0.1) is 25.7 Å². The lowest BCUT2D eigenvalue weighted by Crippen LogP contribution is -2.11. The van der Waals surface area contributed by atoms with Gasteiger partial charge < -0.3 is 11.1 Å². The zero-order valence-corrected chi connectivity index (χ0v) is 12.2. The van der Waals surface area contributed by atoms with Gasteiger partial charge >= 0.3 is 0 Å². The fourth-order valence-corrected chi connectivity index (χ4v) is 2.31. The summed E-state index contributed by atoms with van der Waals surface area (Å²) in [6.07, 6.45) is 1.59. The second kappa shape index (κ2) is 6.33. The molecule has 0 saturated carbocycles. The molecule has 0 atom stereocenters. The number of aryl methyl sites for hydroxylation is 2. The predicted octanol–water partition coefficient (Wildman–Crippen LogP) is 2.32. The average Bonchev–Trinajstić information content (AvgIpc) is 2.86. The topological polar surface area (TPSA) is 68.0 Å². The van der Waals surface area contributed by atoms with Crippen molar-refractivity contribution in [1.29, 1.82) is 0 Å². The highest BCUT2D eigenvalue weighted by atomic mass is 32.1. The van der Waals surface area contributed by atoms with Crippen LogP contribution in [0.25, 0.3) is 0 Å². The number of thiazole rings is 1. The number of carbonyl (C=O) groups is 1. The summed E-state index contributed by atoms with van der Waals surface area (Å²) >= 11 is 1.37. The summed E-state index contributed by atoms with van der Waals surface area (Å²) in [5.41, 5.74) is 7.92. The maximum absolute atomic E-state index is 12.1. The van der Waals surface area contributed by atoms with Gasteiger partial charge in [0.25, 0.3) is 5.91 Å². The zero-order chi connectivity index (χ0) is 14.5. The van der Waals surface area contributed by atoms with Crippen molar-refractivity contribution in [3.63, 3.8) is 0 Å². The Morgan fingerprint density at radius 1 is 1.45 bits per heavy atom. The molecule has 3 N–H and O–H groups in total. The molecule has 0 unspecified atom stereocenters. The van der Waals surface area contributed by atoms with Crippen LogP contribution >= 0.6 is 11.3 Å². The van der Waals surface area contributed by atoms with Crippen molar-refractivity contribution in [3.05, 3.63) is 45.4 Å². The fraction of sp³-hybridized carbons (Fsp3) is 0.200. The number of nitrogens with two attached hydrogens (primary N) is 1. The van der Waals surface area contributed by atoms with Crippen LogP contribution in [0.3, 0.4) is 0 Å². The third-order valence-electron chi connectivity index (χ3n) is 2.67. The van der Waals surface area contributed by atoms with E-state index >= 15 is 0 Å². The molecule has 0 spiro atoms. The minimum atomic E-state index is -0.150. The lowest BCUT2D eigenvalue weighted by molar-refractivity contribution is 0.103. The fourth-order valence-electron chi connectivity index (χ4n) is 1.64. The van der Waals surface area contributed by atoms with Gasteiger partial charge in [-0.3, -0.25) is 4.79 Å². The second-order valence-corrected chi connectivity index (χ2v) is 5.47. The van der Waals surface area contributed by atoms with Gasteiger partial charge in [0.15, 0.2) is 0 Å². The number of rotatable bonds is 2. The van der Waals surface area contributed by atoms with E-state index in [0.29, 0.717) is 11.4 Å². The molecule has 2 aromatic rings. The highest BCUT2D eigenvalue weighted by Gasteiger charge is 2.10. The molecule has 1 aromatic carbocycles. The van der Waals surface area contributed by atoms with Crippen molar-refractivity contribution in [2.45, 2.75) is 13.8 Å². The number of nitrogens with one attached hydrogen (secondary N) is 1. The first-order valence-electron chi connectivity index (χ1n) is 6.13. The Morgan fingerprint density at radius 3 is 2.90 bits per heavy atom. The molecule has 4 nitrogen and oxygen atoms in total. The van der Waals surface area contributed by atoms with Crippen molar-refractivity contribution in [2.75, 3.05) is 11.9 Å². The number of benzene rings is 1. The third-order valence-corrected chi connectivity index (χ3v) is 3.58. The molecule has 0 fully saturated rings. The number of amides is 1. The van der Waals surface area contributed by atoms with Crippen molar-refractivity contribution in [2.24, 2.45) is 5.73 Å². The minimum Gasteiger partial charge on any atom is -0.321 e. The number of aromatic nitrogens is 1. The van der Waals surface area contributed by atoms with E-state index in [2.05, 4.69) is 22.1 Å². The average molecular weight is 285 g/mol. The van der Waals surface area contributed by atoms with Gasteiger partial charge in [-0.1, -0.05) is 17.9 Å².